The fourth-order valence-electron chi connectivity index (χ4n) is 3.95. The van der Waals surface area contributed by atoms with Crippen LogP contribution in [-0.4, -0.2) is 24.0 Å². The Morgan fingerprint density at radius 3 is 2.43 bits per heavy atom. The Morgan fingerprint density at radius 2 is 1.90 bits per heavy atom. The van der Waals surface area contributed by atoms with Crippen LogP contribution in [-0.2, 0) is 0 Å². The van der Waals surface area contributed by atoms with Crippen LogP contribution in [0.5, 0.6) is 0 Å². The lowest BCUT2D eigenvalue weighted by Gasteiger charge is -2.41. The summed E-state index contributed by atoms with van der Waals surface area (Å²) in [6.45, 7) is 6.63. The van der Waals surface area contributed by atoms with Crippen molar-refractivity contribution < 1.29 is 0 Å². The van der Waals surface area contributed by atoms with Crippen LogP contribution in [0.15, 0.2) is 24.3 Å². The van der Waals surface area contributed by atoms with Crippen LogP contribution in [0.25, 0.3) is 0 Å². The van der Waals surface area contributed by atoms with E-state index in [1.165, 1.54) is 43.2 Å². The maximum absolute atomic E-state index is 6.34. The Labute approximate surface area is 130 Å². The predicted octanol–water partition coefficient (Wildman–Crippen LogP) is 4.28. The number of nitrogens with zero attached hydrogens (tertiary/aromatic N) is 1. The van der Waals surface area contributed by atoms with Gasteiger partial charge < -0.3 is 5.73 Å². The molecule has 0 saturated heterocycles. The van der Waals surface area contributed by atoms with Gasteiger partial charge in [0.25, 0.3) is 0 Å². The molecule has 0 spiro atoms. The molecule has 0 bridgehead atoms. The molecule has 1 aromatic carbocycles. The summed E-state index contributed by atoms with van der Waals surface area (Å²) in [4.78, 5) is 2.55. The highest BCUT2D eigenvalue weighted by Crippen LogP contribution is 2.33. The second-order valence-electron chi connectivity index (χ2n) is 6.97. The Morgan fingerprint density at radius 1 is 1.24 bits per heavy atom. The first-order valence-corrected chi connectivity index (χ1v) is 8.57. The van der Waals surface area contributed by atoms with E-state index < -0.39 is 0 Å². The highest BCUT2D eigenvalue weighted by atomic mass is 15.2. The minimum atomic E-state index is 0.153. The van der Waals surface area contributed by atoms with Gasteiger partial charge in [-0.25, -0.2) is 0 Å². The number of nitrogens with two attached hydrogens (primary N) is 1. The van der Waals surface area contributed by atoms with Crippen molar-refractivity contribution in [3.63, 3.8) is 0 Å². The second-order valence-corrected chi connectivity index (χ2v) is 6.97. The third kappa shape index (κ3) is 4.08. The van der Waals surface area contributed by atoms with E-state index in [4.69, 9.17) is 5.73 Å². The number of rotatable bonds is 5. The first kappa shape index (κ1) is 16.5. The predicted molar refractivity (Wildman–Crippen MR) is 91.4 cm³/mol. The minimum absolute atomic E-state index is 0.153. The smallest absolute Gasteiger partial charge is 0.0496 e. The normalized spacial score (nSPS) is 25.8. The molecule has 1 saturated carbocycles. The molecule has 0 amide bonds. The molecule has 1 fully saturated rings. The molecule has 118 valence electrons. The molecule has 1 aliphatic rings. The SMILES string of the molecule is CCC1CCC(N(C)C(c2cccc(C)c2)C(C)N)CC1. The topological polar surface area (TPSA) is 29.3 Å². The van der Waals surface area contributed by atoms with Gasteiger partial charge in [0, 0.05) is 18.1 Å². The summed E-state index contributed by atoms with van der Waals surface area (Å²) in [5, 5.41) is 0. The van der Waals surface area contributed by atoms with E-state index in [1.807, 2.05) is 0 Å². The molecule has 2 unspecified atom stereocenters. The Kier molecular flexibility index (Phi) is 5.83. The van der Waals surface area contributed by atoms with Crippen LogP contribution >= 0.6 is 0 Å². The van der Waals surface area contributed by atoms with E-state index in [2.05, 4.69) is 57.0 Å². The molecule has 0 aromatic heterocycles. The summed E-state index contributed by atoms with van der Waals surface area (Å²) in [6.07, 6.45) is 6.75. The Hall–Kier alpha value is -0.860. The fourth-order valence-corrected chi connectivity index (χ4v) is 3.95. The van der Waals surface area contributed by atoms with E-state index >= 15 is 0 Å². The molecule has 2 rings (SSSR count). The van der Waals surface area contributed by atoms with E-state index in [-0.39, 0.29) is 6.04 Å². The lowest BCUT2D eigenvalue weighted by Crippen LogP contribution is -2.44. The molecule has 21 heavy (non-hydrogen) atoms. The molecule has 0 radical (unpaired) electrons. The van der Waals surface area contributed by atoms with E-state index in [1.54, 1.807) is 0 Å². The molecule has 1 aromatic rings. The largest absolute Gasteiger partial charge is 0.326 e. The molecule has 2 heteroatoms. The summed E-state index contributed by atoms with van der Waals surface area (Å²) in [5.74, 6) is 0.947. The molecule has 2 nitrogen and oxygen atoms in total. The second kappa shape index (κ2) is 7.42. The van der Waals surface area contributed by atoms with Crippen LogP contribution in [0.2, 0.25) is 0 Å². The van der Waals surface area contributed by atoms with Gasteiger partial charge in [-0.15, -0.1) is 0 Å². The van der Waals surface area contributed by atoms with Crippen molar-refractivity contribution in [3.8, 4) is 0 Å². The first-order valence-electron chi connectivity index (χ1n) is 8.57. The van der Waals surface area contributed by atoms with Gasteiger partial charge in [-0.05, 0) is 58.1 Å². The van der Waals surface area contributed by atoms with Gasteiger partial charge in [-0.2, -0.15) is 0 Å². The lowest BCUT2D eigenvalue weighted by molar-refractivity contribution is 0.107. The van der Waals surface area contributed by atoms with Gasteiger partial charge in [-0.3, -0.25) is 4.90 Å². The van der Waals surface area contributed by atoms with Crippen molar-refractivity contribution in [3.05, 3.63) is 35.4 Å². The molecule has 2 N–H and O–H groups in total. The van der Waals surface area contributed by atoms with Gasteiger partial charge in [-0.1, -0.05) is 43.2 Å². The Bertz CT molecular complexity index is 433. The summed E-state index contributed by atoms with van der Waals surface area (Å²) in [5.41, 5.74) is 9.02. The highest BCUT2D eigenvalue weighted by molar-refractivity contribution is 5.26. The molecular formula is C19H32N2. The molecule has 1 aliphatic carbocycles. The maximum atomic E-state index is 6.34. The minimum Gasteiger partial charge on any atom is -0.326 e. The van der Waals surface area contributed by atoms with Gasteiger partial charge in [0.2, 0.25) is 0 Å². The lowest BCUT2D eigenvalue weighted by atomic mass is 9.83. The molecule has 2 atom stereocenters. The zero-order valence-electron chi connectivity index (χ0n) is 14.2. The first-order chi connectivity index (χ1) is 10.0. The van der Waals surface area contributed by atoms with Crippen LogP contribution in [0.3, 0.4) is 0 Å². The van der Waals surface area contributed by atoms with Crippen molar-refractivity contribution >= 4 is 0 Å². The zero-order valence-corrected chi connectivity index (χ0v) is 14.2. The monoisotopic (exact) mass is 288 g/mol. The summed E-state index contributed by atoms with van der Waals surface area (Å²) in [7, 11) is 2.27. The number of hydrogen-bond acceptors (Lipinski definition) is 2. The van der Waals surface area contributed by atoms with Crippen molar-refractivity contribution in [1.29, 1.82) is 0 Å². The third-order valence-corrected chi connectivity index (χ3v) is 5.29. The summed E-state index contributed by atoms with van der Waals surface area (Å²) < 4.78 is 0. The van der Waals surface area contributed by atoms with E-state index in [9.17, 15) is 0 Å². The fraction of sp³-hybridized carbons (Fsp3) is 0.684. The van der Waals surface area contributed by atoms with E-state index in [0.717, 1.165) is 5.92 Å². The van der Waals surface area contributed by atoms with Crippen molar-refractivity contribution in [2.45, 2.75) is 71.0 Å². The third-order valence-electron chi connectivity index (χ3n) is 5.29. The number of hydrogen-bond donors (Lipinski definition) is 1. The van der Waals surface area contributed by atoms with Crippen LogP contribution in [0, 0.1) is 12.8 Å². The summed E-state index contributed by atoms with van der Waals surface area (Å²) >= 11 is 0. The number of likely N-dealkylation sites (N-methyl/N-ethyl adjacent to an activating group) is 1. The standard InChI is InChI=1S/C19H32N2/c1-5-16-9-11-18(12-10-16)21(4)19(15(3)20)17-8-6-7-14(2)13-17/h6-8,13,15-16,18-19H,5,9-12,20H2,1-4H3. The van der Waals surface area contributed by atoms with Crippen LogP contribution in [0.1, 0.15) is 63.1 Å². The average Bonchev–Trinajstić information content (AvgIpc) is 2.47. The van der Waals surface area contributed by atoms with Gasteiger partial charge in [0.05, 0.1) is 0 Å². The van der Waals surface area contributed by atoms with E-state index in [0.29, 0.717) is 12.1 Å². The quantitative estimate of drug-likeness (QED) is 0.876. The molecule has 0 heterocycles. The van der Waals surface area contributed by atoms with Crippen LogP contribution < -0.4 is 5.73 Å². The Balaban J connectivity index is 2.11. The number of benzene rings is 1. The van der Waals surface area contributed by atoms with Crippen molar-refractivity contribution in [2.75, 3.05) is 7.05 Å². The average molecular weight is 288 g/mol. The zero-order chi connectivity index (χ0) is 15.4. The van der Waals surface area contributed by atoms with Crippen LogP contribution in [0.4, 0.5) is 0 Å². The summed E-state index contributed by atoms with van der Waals surface area (Å²) in [6, 6.07) is 10.0. The highest BCUT2D eigenvalue weighted by Gasteiger charge is 2.30. The van der Waals surface area contributed by atoms with Gasteiger partial charge >= 0.3 is 0 Å². The van der Waals surface area contributed by atoms with Gasteiger partial charge in [0.1, 0.15) is 0 Å². The number of aryl methyl sites for hydroxylation is 1. The van der Waals surface area contributed by atoms with Crippen molar-refractivity contribution in [1.82, 2.24) is 4.90 Å². The van der Waals surface area contributed by atoms with Gasteiger partial charge in [0.15, 0.2) is 0 Å². The molecule has 0 aliphatic heterocycles. The van der Waals surface area contributed by atoms with Crippen molar-refractivity contribution in [2.24, 2.45) is 11.7 Å². The maximum Gasteiger partial charge on any atom is 0.0496 e. The molecular weight excluding hydrogens is 256 g/mol.